The quantitative estimate of drug-likeness (QED) is 0.377. The van der Waals surface area contributed by atoms with Crippen LogP contribution in [0.3, 0.4) is 0 Å². The van der Waals surface area contributed by atoms with Crippen LogP contribution in [0, 0.1) is 13.8 Å². The number of halogens is 1. The van der Waals surface area contributed by atoms with E-state index in [4.69, 9.17) is 9.47 Å². The van der Waals surface area contributed by atoms with E-state index in [1.54, 1.807) is 32.9 Å². The van der Waals surface area contributed by atoms with Crippen LogP contribution >= 0.6 is 15.9 Å². The van der Waals surface area contributed by atoms with Crippen molar-refractivity contribution in [2.24, 2.45) is 0 Å². The number of rotatable bonds is 7. The molecule has 0 N–H and O–H groups in total. The highest BCUT2D eigenvalue weighted by atomic mass is 79.9. The molecule has 34 heavy (non-hydrogen) atoms. The second-order valence-electron chi connectivity index (χ2n) is 7.88. The average Bonchev–Trinajstić information content (AvgIpc) is 2.78. The van der Waals surface area contributed by atoms with Gasteiger partial charge in [-0.05, 0) is 45.0 Å². The Morgan fingerprint density at radius 3 is 2.41 bits per heavy atom. The fourth-order valence-corrected chi connectivity index (χ4v) is 5.65. The third kappa shape index (κ3) is 5.62. The lowest BCUT2D eigenvalue weighted by molar-refractivity contribution is 0.0379. The van der Waals surface area contributed by atoms with E-state index in [1.165, 1.54) is 28.4 Å². The van der Waals surface area contributed by atoms with Gasteiger partial charge in [-0.1, -0.05) is 15.9 Å². The number of hydrogen-bond donors (Lipinski definition) is 0. The van der Waals surface area contributed by atoms with Gasteiger partial charge in [-0.2, -0.15) is 4.31 Å². The molecule has 1 saturated heterocycles. The van der Waals surface area contributed by atoms with Crippen molar-refractivity contribution in [3.63, 3.8) is 0 Å². The zero-order chi connectivity index (χ0) is 25.0. The number of aryl methyl sites for hydroxylation is 2. The molecule has 1 amide bonds. The molecule has 1 aliphatic heterocycles. The number of sulfonamides is 1. The molecular formula is C22H27BrN4O6S. The van der Waals surface area contributed by atoms with Crippen molar-refractivity contribution in [3.05, 3.63) is 51.5 Å². The molecular weight excluding hydrogens is 528 g/mol. The van der Waals surface area contributed by atoms with Crippen molar-refractivity contribution in [1.82, 2.24) is 19.2 Å². The van der Waals surface area contributed by atoms with E-state index in [1.807, 2.05) is 0 Å². The van der Waals surface area contributed by atoms with Gasteiger partial charge in [0, 0.05) is 37.3 Å². The predicted octanol–water partition coefficient (Wildman–Crippen LogP) is 2.19. The number of carbonyl (C=O) groups excluding carboxylic acids is 2. The summed E-state index contributed by atoms with van der Waals surface area (Å²) in [5.74, 6) is -0.832. The molecule has 10 nitrogen and oxygen atoms in total. The first-order valence-electron chi connectivity index (χ1n) is 10.6. The Balaban J connectivity index is 1.82. The Bertz CT molecular complexity index is 1170. The van der Waals surface area contributed by atoms with E-state index < -0.39 is 27.9 Å². The minimum atomic E-state index is -3.73. The molecule has 2 aromatic rings. The van der Waals surface area contributed by atoms with Gasteiger partial charge in [-0.15, -0.1) is 0 Å². The summed E-state index contributed by atoms with van der Waals surface area (Å²) in [5.41, 5.74) is 0.288. The van der Waals surface area contributed by atoms with Crippen LogP contribution in [-0.2, 0) is 19.5 Å². The summed E-state index contributed by atoms with van der Waals surface area (Å²) in [7, 11) is -2.24. The van der Waals surface area contributed by atoms with E-state index in [9.17, 15) is 18.0 Å². The minimum Gasteiger partial charge on any atom is -0.460 e. The first kappa shape index (κ1) is 26.2. The molecule has 0 saturated carbocycles. The third-order valence-electron chi connectivity index (χ3n) is 5.40. The summed E-state index contributed by atoms with van der Waals surface area (Å²) in [5, 5.41) is 0. The normalized spacial score (nSPS) is 17.0. The number of piperazine rings is 1. The zero-order valence-corrected chi connectivity index (χ0v) is 21.8. The Kier molecular flexibility index (Phi) is 8.39. The topological polar surface area (TPSA) is 119 Å². The summed E-state index contributed by atoms with van der Waals surface area (Å²) in [6.07, 6.45) is 0. The first-order valence-corrected chi connectivity index (χ1v) is 12.9. The van der Waals surface area contributed by atoms with Crippen LogP contribution in [0.15, 0.2) is 33.6 Å². The Hall–Kier alpha value is -2.41. The van der Waals surface area contributed by atoms with Gasteiger partial charge in [-0.25, -0.2) is 23.2 Å². The molecule has 1 unspecified atom stereocenters. The van der Waals surface area contributed by atoms with Crippen molar-refractivity contribution in [3.8, 4) is 0 Å². The molecule has 1 fully saturated rings. The molecule has 1 aromatic carbocycles. The highest BCUT2D eigenvalue weighted by molar-refractivity contribution is 9.10. The van der Waals surface area contributed by atoms with Crippen molar-refractivity contribution in [1.29, 1.82) is 0 Å². The molecule has 1 aliphatic rings. The summed E-state index contributed by atoms with van der Waals surface area (Å²) in [6.45, 7) is 5.65. The average molecular weight is 555 g/mol. The van der Waals surface area contributed by atoms with Crippen molar-refractivity contribution in [2.45, 2.75) is 31.7 Å². The van der Waals surface area contributed by atoms with Crippen molar-refractivity contribution >= 4 is 37.8 Å². The van der Waals surface area contributed by atoms with Crippen LogP contribution in [0.5, 0.6) is 0 Å². The van der Waals surface area contributed by atoms with Crippen LogP contribution < -0.4 is 0 Å². The number of methoxy groups -OCH3 is 1. The number of aromatic nitrogens is 2. The van der Waals surface area contributed by atoms with Crippen molar-refractivity contribution in [2.75, 3.05) is 40.0 Å². The molecule has 1 atom stereocenters. The smallest absolute Gasteiger partial charge is 0.342 e. The fourth-order valence-electron chi connectivity index (χ4n) is 3.78. The van der Waals surface area contributed by atoms with Gasteiger partial charge in [-0.3, -0.25) is 4.79 Å². The monoisotopic (exact) mass is 554 g/mol. The van der Waals surface area contributed by atoms with Crippen LogP contribution in [0.4, 0.5) is 0 Å². The summed E-state index contributed by atoms with van der Waals surface area (Å²) in [6, 6.07) is 5.94. The molecule has 1 aromatic heterocycles. The molecule has 12 heteroatoms. The van der Waals surface area contributed by atoms with Crippen LogP contribution in [0.1, 0.15) is 39.3 Å². The number of ether oxygens (including phenoxy) is 2. The molecule has 0 bridgehead atoms. The number of esters is 1. The molecule has 0 spiro atoms. The third-order valence-corrected chi connectivity index (χ3v) is 7.96. The molecule has 184 valence electrons. The maximum absolute atomic E-state index is 13.4. The number of nitrogens with zero attached hydrogens (tertiary/aromatic N) is 4. The molecule has 0 radical (unpaired) electrons. The fraction of sp³-hybridized carbons (Fsp3) is 0.455. The standard InChI is InChI=1S/C22H27BrN4O6S/c1-14-13-26(9-10-27(14)34(30,31)18-7-5-17(23)6-8-18)21(28)20-19(15(2)24-16(3)25-20)22(29)33-12-11-32-4/h5-8,14H,9-13H2,1-4H3. The number of hydrogen-bond acceptors (Lipinski definition) is 8. The Morgan fingerprint density at radius 1 is 1.12 bits per heavy atom. The number of amides is 1. The van der Waals surface area contributed by atoms with E-state index in [0.717, 1.165) is 4.47 Å². The SMILES string of the molecule is COCCOC(=O)c1c(C)nc(C)nc1C(=O)N1CCN(S(=O)(=O)c2ccc(Br)cc2)C(C)C1. The lowest BCUT2D eigenvalue weighted by atomic mass is 10.1. The highest BCUT2D eigenvalue weighted by Gasteiger charge is 2.37. The second kappa shape index (κ2) is 10.9. The van der Waals surface area contributed by atoms with Crippen LogP contribution in [0.2, 0.25) is 0 Å². The highest BCUT2D eigenvalue weighted by Crippen LogP contribution is 2.24. The number of carbonyl (C=O) groups is 2. The Morgan fingerprint density at radius 2 is 1.79 bits per heavy atom. The predicted molar refractivity (Wildman–Crippen MR) is 127 cm³/mol. The summed E-state index contributed by atoms with van der Waals surface area (Å²) < 4.78 is 38.5. The van der Waals surface area contributed by atoms with Crippen molar-refractivity contribution < 1.29 is 27.5 Å². The number of benzene rings is 1. The molecule has 0 aliphatic carbocycles. The Labute approximate surface area is 207 Å². The maximum Gasteiger partial charge on any atom is 0.342 e. The van der Waals surface area contributed by atoms with Gasteiger partial charge in [0.05, 0.1) is 17.2 Å². The van der Waals surface area contributed by atoms with Crippen LogP contribution in [0.25, 0.3) is 0 Å². The van der Waals surface area contributed by atoms with E-state index in [-0.39, 0.29) is 49.0 Å². The summed E-state index contributed by atoms with van der Waals surface area (Å²) in [4.78, 5) is 36.2. The minimum absolute atomic E-state index is 0.00395. The first-order chi connectivity index (χ1) is 16.1. The zero-order valence-electron chi connectivity index (χ0n) is 19.4. The van der Waals surface area contributed by atoms with Crippen LogP contribution in [-0.4, -0.2) is 85.5 Å². The largest absolute Gasteiger partial charge is 0.460 e. The lowest BCUT2D eigenvalue weighted by Crippen LogP contribution is -2.55. The molecule has 2 heterocycles. The van der Waals surface area contributed by atoms with Gasteiger partial charge in [0.25, 0.3) is 5.91 Å². The van der Waals surface area contributed by atoms with Gasteiger partial charge in [0.15, 0.2) is 0 Å². The van der Waals surface area contributed by atoms with E-state index in [0.29, 0.717) is 11.5 Å². The summed E-state index contributed by atoms with van der Waals surface area (Å²) >= 11 is 3.31. The van der Waals surface area contributed by atoms with E-state index >= 15 is 0 Å². The van der Waals surface area contributed by atoms with Gasteiger partial charge >= 0.3 is 5.97 Å². The lowest BCUT2D eigenvalue weighted by Gasteiger charge is -2.39. The maximum atomic E-state index is 13.4. The second-order valence-corrected chi connectivity index (χ2v) is 10.7. The van der Waals surface area contributed by atoms with Gasteiger partial charge in [0.1, 0.15) is 23.7 Å². The van der Waals surface area contributed by atoms with E-state index in [2.05, 4.69) is 25.9 Å². The molecule has 3 rings (SSSR count). The van der Waals surface area contributed by atoms with Gasteiger partial charge in [0.2, 0.25) is 10.0 Å². The van der Waals surface area contributed by atoms with Gasteiger partial charge < -0.3 is 14.4 Å².